The number of nitrogens with zero attached hydrogens (tertiary/aromatic N) is 1. The summed E-state index contributed by atoms with van der Waals surface area (Å²) in [5, 5.41) is 15.1. The van der Waals surface area contributed by atoms with Crippen LogP contribution in [0.15, 0.2) is 57.8 Å². The van der Waals surface area contributed by atoms with Crippen molar-refractivity contribution in [1.29, 1.82) is 5.26 Å². The van der Waals surface area contributed by atoms with Crippen LogP contribution >= 0.6 is 11.8 Å². The minimum atomic E-state index is -0.217. The molecule has 0 saturated heterocycles. The van der Waals surface area contributed by atoms with E-state index in [0.717, 1.165) is 5.76 Å². The van der Waals surface area contributed by atoms with E-state index in [9.17, 15) is 10.1 Å². The highest BCUT2D eigenvalue weighted by Gasteiger charge is 2.21. The second-order valence-electron chi connectivity index (χ2n) is 4.31. The van der Waals surface area contributed by atoms with Gasteiger partial charge in [0.2, 0.25) is 0 Å². The molecule has 1 aromatic heterocycles. The van der Waals surface area contributed by atoms with Gasteiger partial charge in [-0.25, -0.2) is 0 Å². The maximum Gasteiger partial charge on any atom is 0.258 e. The molecule has 0 unspecified atom stereocenters. The predicted octanol–water partition coefficient (Wildman–Crippen LogP) is 3.06. The lowest BCUT2D eigenvalue weighted by atomic mass is 10.1. The largest absolute Gasteiger partial charge is 0.468 e. The van der Waals surface area contributed by atoms with Gasteiger partial charge in [0.1, 0.15) is 22.6 Å². The maximum absolute atomic E-state index is 12.0. The fourth-order valence-corrected chi connectivity index (χ4v) is 2.71. The van der Waals surface area contributed by atoms with E-state index in [1.807, 2.05) is 12.1 Å². The van der Waals surface area contributed by atoms with Gasteiger partial charge in [-0.3, -0.25) is 4.79 Å². The van der Waals surface area contributed by atoms with Gasteiger partial charge in [0, 0.05) is 0 Å². The summed E-state index contributed by atoms with van der Waals surface area (Å²) in [6, 6.07) is 12.9. The fourth-order valence-electron chi connectivity index (χ4n) is 1.95. The summed E-state index contributed by atoms with van der Waals surface area (Å²) in [6.45, 7) is 0. The van der Waals surface area contributed by atoms with Gasteiger partial charge in [-0.1, -0.05) is 12.1 Å². The second kappa shape index (κ2) is 5.77. The minimum absolute atomic E-state index is 0.217. The number of anilines is 1. The zero-order valence-corrected chi connectivity index (χ0v) is 11.7. The van der Waals surface area contributed by atoms with Crippen molar-refractivity contribution in [3.05, 3.63) is 64.7 Å². The smallest absolute Gasteiger partial charge is 0.258 e. The number of fused-ring (bicyclic) bond motifs is 1. The lowest BCUT2D eigenvalue weighted by Crippen LogP contribution is -2.33. The second-order valence-corrected chi connectivity index (χ2v) is 5.29. The van der Waals surface area contributed by atoms with Gasteiger partial charge in [-0.15, -0.1) is 11.8 Å². The van der Waals surface area contributed by atoms with E-state index in [1.165, 1.54) is 11.8 Å². The maximum atomic E-state index is 12.0. The van der Waals surface area contributed by atoms with E-state index in [-0.39, 0.29) is 5.91 Å². The number of benzene rings is 1. The zero-order valence-electron chi connectivity index (χ0n) is 10.9. The molecule has 5 nitrogen and oxygen atoms in total. The number of hydrogen-bond donors (Lipinski definition) is 2. The number of hydrogen-bond acceptors (Lipinski definition) is 5. The number of carbonyl (C=O) groups excluding carboxylic acids is 1. The summed E-state index contributed by atoms with van der Waals surface area (Å²) >= 11 is 1.31. The Bertz CT molecular complexity index is 745. The van der Waals surface area contributed by atoms with Gasteiger partial charge in [0.05, 0.1) is 23.3 Å². The molecule has 0 atom stereocenters. The van der Waals surface area contributed by atoms with Crippen molar-refractivity contribution in [2.24, 2.45) is 0 Å². The summed E-state index contributed by atoms with van der Waals surface area (Å²) in [6.07, 6.45) is 1.59. The van der Waals surface area contributed by atoms with Crippen LogP contribution in [0.4, 0.5) is 5.69 Å². The minimum Gasteiger partial charge on any atom is -0.468 e. The van der Waals surface area contributed by atoms with Crippen LogP contribution in [0.1, 0.15) is 16.1 Å². The number of thioether (sulfide) groups is 1. The number of furan rings is 1. The zero-order chi connectivity index (χ0) is 14.7. The van der Waals surface area contributed by atoms with Crippen molar-refractivity contribution in [3.63, 3.8) is 0 Å². The highest BCUT2D eigenvalue weighted by Crippen LogP contribution is 2.27. The van der Waals surface area contributed by atoms with Crippen LogP contribution in [0.2, 0.25) is 0 Å². The number of amides is 1. The van der Waals surface area contributed by atoms with E-state index in [2.05, 4.69) is 16.7 Å². The predicted molar refractivity (Wildman–Crippen MR) is 80.2 cm³/mol. The molecule has 21 heavy (non-hydrogen) atoms. The number of nitriles is 1. The summed E-state index contributed by atoms with van der Waals surface area (Å²) in [4.78, 5) is 12.4. The highest BCUT2D eigenvalue weighted by atomic mass is 32.2. The molecular formula is C15H11N3O2S. The first-order chi connectivity index (χ1) is 10.3. The standard InChI is InChI=1S/C15H11N3O2S/c16-8-13(21-9-10-4-3-7-20-10)14-17-12-6-2-1-5-11(12)15(19)18-14/h1-7,17H,9H2,(H,18,19)/b14-13-. The molecule has 3 rings (SSSR count). The summed E-state index contributed by atoms with van der Waals surface area (Å²) in [5.74, 6) is 1.50. The van der Waals surface area contributed by atoms with Crippen LogP contribution < -0.4 is 10.6 Å². The van der Waals surface area contributed by atoms with Crippen LogP contribution in [0, 0.1) is 11.3 Å². The van der Waals surface area contributed by atoms with E-state index >= 15 is 0 Å². The van der Waals surface area contributed by atoms with E-state index in [0.29, 0.717) is 27.7 Å². The SMILES string of the molecule is N#C/C(SCc1ccco1)=C1/NC(=O)c2ccccc2N1. The molecule has 0 fully saturated rings. The number of allylic oxidation sites excluding steroid dienone is 1. The topological polar surface area (TPSA) is 78.1 Å². The number of rotatable bonds is 3. The molecule has 6 heteroatoms. The van der Waals surface area contributed by atoms with Crippen molar-refractivity contribution in [3.8, 4) is 6.07 Å². The highest BCUT2D eigenvalue weighted by molar-refractivity contribution is 8.02. The van der Waals surface area contributed by atoms with E-state index < -0.39 is 0 Å². The van der Waals surface area contributed by atoms with Gasteiger partial charge in [-0.2, -0.15) is 5.26 Å². The van der Waals surface area contributed by atoms with Crippen LogP contribution in [0.5, 0.6) is 0 Å². The Morgan fingerprint density at radius 3 is 2.86 bits per heavy atom. The van der Waals surface area contributed by atoms with Crippen LogP contribution in [-0.2, 0) is 5.75 Å². The van der Waals surface area contributed by atoms with Gasteiger partial charge in [0.25, 0.3) is 5.91 Å². The first-order valence-electron chi connectivity index (χ1n) is 6.25. The molecule has 1 amide bonds. The molecule has 0 aliphatic carbocycles. The van der Waals surface area contributed by atoms with Crippen LogP contribution in [-0.4, -0.2) is 5.91 Å². The summed E-state index contributed by atoms with van der Waals surface area (Å²) in [7, 11) is 0. The average molecular weight is 297 g/mol. The quantitative estimate of drug-likeness (QED) is 0.851. The molecule has 1 aromatic carbocycles. The number of nitrogens with one attached hydrogen (secondary N) is 2. The lowest BCUT2D eigenvalue weighted by molar-refractivity contribution is 0.0964. The Balaban J connectivity index is 1.84. The first-order valence-corrected chi connectivity index (χ1v) is 7.23. The van der Waals surface area contributed by atoms with Gasteiger partial charge in [-0.05, 0) is 24.3 Å². The normalized spacial score (nSPS) is 15.5. The van der Waals surface area contributed by atoms with Gasteiger partial charge >= 0.3 is 0 Å². The molecule has 2 aromatic rings. The Kier molecular flexibility index (Phi) is 3.67. The van der Waals surface area contributed by atoms with Gasteiger partial charge < -0.3 is 15.1 Å². The average Bonchev–Trinajstić information content (AvgIpc) is 3.01. The Morgan fingerprint density at radius 1 is 1.24 bits per heavy atom. The van der Waals surface area contributed by atoms with Crippen LogP contribution in [0.3, 0.4) is 0 Å². The third-order valence-electron chi connectivity index (χ3n) is 2.94. The molecule has 2 heterocycles. The molecule has 0 spiro atoms. The molecule has 0 radical (unpaired) electrons. The lowest BCUT2D eigenvalue weighted by Gasteiger charge is -2.21. The van der Waals surface area contributed by atoms with Crippen molar-refractivity contribution in [2.45, 2.75) is 5.75 Å². The van der Waals surface area contributed by atoms with Crippen molar-refractivity contribution >= 4 is 23.4 Å². The molecule has 104 valence electrons. The van der Waals surface area contributed by atoms with Crippen LogP contribution in [0.25, 0.3) is 0 Å². The molecule has 0 bridgehead atoms. The van der Waals surface area contributed by atoms with Crippen molar-refractivity contribution in [2.75, 3.05) is 5.32 Å². The Labute approximate surface area is 125 Å². The molecule has 0 saturated carbocycles. The van der Waals surface area contributed by atoms with Gasteiger partial charge in [0.15, 0.2) is 0 Å². The molecular weight excluding hydrogens is 286 g/mol. The van der Waals surface area contributed by atoms with E-state index in [1.54, 1.807) is 30.5 Å². The monoisotopic (exact) mass is 297 g/mol. The Hall–Kier alpha value is -2.65. The van der Waals surface area contributed by atoms with Crippen molar-refractivity contribution in [1.82, 2.24) is 5.32 Å². The molecule has 1 aliphatic rings. The third-order valence-corrected chi connectivity index (χ3v) is 3.95. The van der Waals surface area contributed by atoms with E-state index in [4.69, 9.17) is 4.42 Å². The summed E-state index contributed by atoms with van der Waals surface area (Å²) in [5.41, 5.74) is 1.26. The third kappa shape index (κ3) is 2.78. The molecule has 1 aliphatic heterocycles. The number of carbonyl (C=O) groups is 1. The first kappa shape index (κ1) is 13.3. The number of para-hydroxylation sites is 1. The van der Waals surface area contributed by atoms with Crippen molar-refractivity contribution < 1.29 is 9.21 Å². The Morgan fingerprint density at radius 2 is 2.10 bits per heavy atom. The summed E-state index contributed by atoms with van der Waals surface area (Å²) < 4.78 is 5.23. The molecule has 2 N–H and O–H groups in total. The fraction of sp³-hybridized carbons (Fsp3) is 0.0667.